The first-order valence-electron chi connectivity index (χ1n) is 5.06. The van der Waals surface area contributed by atoms with Crippen molar-refractivity contribution in [3.8, 4) is 11.8 Å². The van der Waals surface area contributed by atoms with Crippen molar-refractivity contribution in [1.29, 1.82) is 0 Å². The zero-order valence-corrected chi connectivity index (χ0v) is 9.68. The Balaban J connectivity index is 1.90. The Kier molecular flexibility index (Phi) is 2.56. The number of imidazole rings is 1. The van der Waals surface area contributed by atoms with E-state index in [1.807, 2.05) is 22.2 Å². The Morgan fingerprint density at radius 3 is 3.24 bits per heavy atom. The summed E-state index contributed by atoms with van der Waals surface area (Å²) in [7, 11) is 0. The molecule has 82 valence electrons. The van der Waals surface area contributed by atoms with Crippen molar-refractivity contribution in [1.82, 2.24) is 19.5 Å². The molecule has 0 aromatic carbocycles. The third kappa shape index (κ3) is 2.03. The number of hydrogen-bond acceptors (Lipinski definition) is 4. The molecule has 17 heavy (non-hydrogen) atoms. The van der Waals surface area contributed by atoms with Crippen LogP contribution in [0.2, 0.25) is 0 Å². The Morgan fingerprint density at radius 2 is 2.35 bits per heavy atom. The van der Waals surface area contributed by atoms with E-state index in [0.29, 0.717) is 6.54 Å². The zero-order chi connectivity index (χ0) is 11.5. The molecule has 3 heterocycles. The van der Waals surface area contributed by atoms with E-state index in [1.54, 1.807) is 30.2 Å². The predicted molar refractivity (Wildman–Crippen MR) is 66.5 cm³/mol. The molecule has 0 atom stereocenters. The molecule has 0 amide bonds. The summed E-state index contributed by atoms with van der Waals surface area (Å²) in [4.78, 5) is 12.3. The van der Waals surface area contributed by atoms with E-state index >= 15 is 0 Å². The van der Waals surface area contributed by atoms with Crippen LogP contribution < -0.4 is 0 Å². The second-order valence-corrected chi connectivity index (χ2v) is 4.31. The van der Waals surface area contributed by atoms with Gasteiger partial charge in [0, 0.05) is 12.4 Å². The van der Waals surface area contributed by atoms with Crippen LogP contribution in [0.15, 0.2) is 36.5 Å². The molecule has 0 unspecified atom stereocenters. The molecule has 0 aliphatic heterocycles. The summed E-state index contributed by atoms with van der Waals surface area (Å²) in [6.45, 7) is 0.622. The standard InChI is InChI=1S/C12H8N4S/c1(5-16-6-4-13-9-16)2-10-12-11(3-7-17-12)15-8-14-10/h3-4,6-9H,5H2. The fraction of sp³-hybridized carbons (Fsp3) is 0.0833. The monoisotopic (exact) mass is 240 g/mol. The highest BCUT2D eigenvalue weighted by atomic mass is 32.1. The summed E-state index contributed by atoms with van der Waals surface area (Å²) in [6, 6.07) is 1.97. The summed E-state index contributed by atoms with van der Waals surface area (Å²) >= 11 is 1.62. The molecule has 0 spiro atoms. The van der Waals surface area contributed by atoms with Crippen molar-refractivity contribution >= 4 is 21.6 Å². The second-order valence-electron chi connectivity index (χ2n) is 3.39. The van der Waals surface area contributed by atoms with Gasteiger partial charge < -0.3 is 4.57 Å². The van der Waals surface area contributed by atoms with Crippen molar-refractivity contribution in [3.63, 3.8) is 0 Å². The topological polar surface area (TPSA) is 43.6 Å². The largest absolute Gasteiger partial charge is 0.326 e. The number of nitrogens with zero attached hydrogens (tertiary/aromatic N) is 4. The number of rotatable bonds is 1. The zero-order valence-electron chi connectivity index (χ0n) is 8.87. The second kappa shape index (κ2) is 4.36. The van der Waals surface area contributed by atoms with Gasteiger partial charge in [0.2, 0.25) is 0 Å². The van der Waals surface area contributed by atoms with Crippen LogP contribution in [0.5, 0.6) is 0 Å². The maximum absolute atomic E-state index is 4.20. The highest BCUT2D eigenvalue weighted by molar-refractivity contribution is 7.17. The Labute approximate surface area is 102 Å². The highest BCUT2D eigenvalue weighted by Crippen LogP contribution is 2.20. The number of aromatic nitrogens is 4. The first-order valence-corrected chi connectivity index (χ1v) is 5.94. The summed E-state index contributed by atoms with van der Waals surface area (Å²) in [5.41, 5.74) is 1.75. The molecule has 0 N–H and O–H groups in total. The lowest BCUT2D eigenvalue weighted by Gasteiger charge is -1.92. The van der Waals surface area contributed by atoms with E-state index in [-0.39, 0.29) is 0 Å². The van der Waals surface area contributed by atoms with E-state index in [2.05, 4.69) is 26.8 Å². The molecule has 0 saturated carbocycles. The van der Waals surface area contributed by atoms with E-state index < -0.39 is 0 Å². The molecule has 0 bridgehead atoms. The fourth-order valence-electron chi connectivity index (χ4n) is 1.47. The lowest BCUT2D eigenvalue weighted by Crippen LogP contribution is -1.91. The van der Waals surface area contributed by atoms with Crippen molar-refractivity contribution in [3.05, 3.63) is 42.2 Å². The summed E-state index contributed by atoms with van der Waals surface area (Å²) in [6.07, 6.45) is 6.92. The third-order valence-electron chi connectivity index (χ3n) is 2.27. The van der Waals surface area contributed by atoms with E-state index in [0.717, 1.165) is 15.9 Å². The van der Waals surface area contributed by atoms with E-state index in [1.165, 1.54) is 0 Å². The molecule has 0 aliphatic rings. The molecule has 3 aromatic rings. The van der Waals surface area contributed by atoms with Crippen molar-refractivity contribution in [2.75, 3.05) is 0 Å². The van der Waals surface area contributed by atoms with E-state index in [9.17, 15) is 0 Å². The van der Waals surface area contributed by atoms with Crippen LogP contribution >= 0.6 is 11.3 Å². The maximum atomic E-state index is 4.20. The van der Waals surface area contributed by atoms with Crippen LogP contribution in [0.3, 0.4) is 0 Å². The number of hydrogen-bond donors (Lipinski definition) is 0. The molecule has 4 nitrogen and oxygen atoms in total. The van der Waals surface area contributed by atoms with E-state index in [4.69, 9.17) is 0 Å². The van der Waals surface area contributed by atoms with Gasteiger partial charge in [-0.1, -0.05) is 5.92 Å². The summed E-state index contributed by atoms with van der Waals surface area (Å²) in [5.74, 6) is 6.15. The van der Waals surface area contributed by atoms with Gasteiger partial charge >= 0.3 is 0 Å². The Morgan fingerprint density at radius 1 is 1.35 bits per heavy atom. The summed E-state index contributed by atoms with van der Waals surface area (Å²) in [5, 5.41) is 2.00. The third-order valence-corrected chi connectivity index (χ3v) is 3.18. The minimum atomic E-state index is 0.622. The molecule has 3 aromatic heterocycles. The molecular formula is C12H8N4S. The van der Waals surface area contributed by atoms with Gasteiger partial charge in [-0.05, 0) is 17.4 Å². The molecule has 3 rings (SSSR count). The SMILES string of the molecule is C(#Cc1ncnc2ccsc12)Cn1ccnc1. The summed E-state index contributed by atoms with van der Waals surface area (Å²) < 4.78 is 2.96. The van der Waals surface area contributed by atoms with Gasteiger partial charge in [-0.15, -0.1) is 11.3 Å². The van der Waals surface area contributed by atoms with Crippen LogP contribution in [0, 0.1) is 11.8 Å². The average molecular weight is 240 g/mol. The smallest absolute Gasteiger partial charge is 0.134 e. The molecule has 0 radical (unpaired) electrons. The van der Waals surface area contributed by atoms with Crippen molar-refractivity contribution in [2.45, 2.75) is 6.54 Å². The number of fused-ring (bicyclic) bond motifs is 1. The first-order chi connectivity index (χ1) is 8.43. The van der Waals surface area contributed by atoms with Gasteiger partial charge in [0.05, 0.1) is 23.1 Å². The van der Waals surface area contributed by atoms with Crippen LogP contribution in [-0.4, -0.2) is 19.5 Å². The van der Waals surface area contributed by atoms with Gasteiger partial charge in [0.25, 0.3) is 0 Å². The minimum absolute atomic E-state index is 0.622. The maximum Gasteiger partial charge on any atom is 0.134 e. The Hall–Kier alpha value is -2.19. The van der Waals surface area contributed by atoms with Gasteiger partial charge in [-0.2, -0.15) is 0 Å². The fourth-order valence-corrected chi connectivity index (χ4v) is 2.26. The van der Waals surface area contributed by atoms with Gasteiger partial charge in [-0.3, -0.25) is 0 Å². The molecule has 5 heteroatoms. The first kappa shape index (κ1) is 10.00. The Bertz CT molecular complexity index is 688. The van der Waals surface area contributed by atoms with Crippen molar-refractivity contribution < 1.29 is 0 Å². The minimum Gasteiger partial charge on any atom is -0.326 e. The molecule has 0 saturated heterocycles. The molecule has 0 aliphatic carbocycles. The number of thiophene rings is 1. The van der Waals surface area contributed by atoms with Crippen LogP contribution in [0.25, 0.3) is 10.2 Å². The van der Waals surface area contributed by atoms with Crippen molar-refractivity contribution in [2.24, 2.45) is 0 Å². The quantitative estimate of drug-likeness (QED) is 0.610. The van der Waals surface area contributed by atoms with Crippen LogP contribution in [0.1, 0.15) is 5.69 Å². The van der Waals surface area contributed by atoms with Gasteiger partial charge in [0.1, 0.15) is 12.0 Å². The molecular weight excluding hydrogens is 232 g/mol. The average Bonchev–Trinajstić information content (AvgIpc) is 2.99. The lowest BCUT2D eigenvalue weighted by molar-refractivity contribution is 0.839. The highest BCUT2D eigenvalue weighted by Gasteiger charge is 2.00. The van der Waals surface area contributed by atoms with Gasteiger partial charge in [0.15, 0.2) is 0 Å². The van der Waals surface area contributed by atoms with Gasteiger partial charge in [-0.25, -0.2) is 15.0 Å². The normalized spacial score (nSPS) is 10.1. The molecule has 0 fully saturated rings. The van der Waals surface area contributed by atoms with Crippen LogP contribution in [-0.2, 0) is 6.54 Å². The lowest BCUT2D eigenvalue weighted by atomic mass is 10.3. The van der Waals surface area contributed by atoms with Crippen LogP contribution in [0.4, 0.5) is 0 Å². The predicted octanol–water partition coefficient (Wildman–Crippen LogP) is 1.94.